The van der Waals surface area contributed by atoms with Crippen LogP contribution < -0.4 is 5.48 Å². The van der Waals surface area contributed by atoms with Crippen molar-refractivity contribution in [2.45, 2.75) is 56.3 Å². The number of hydrazone groups is 1. The number of nitrogens with one attached hydrogen (secondary N) is 1. The molecule has 2 unspecified atom stereocenters. The third kappa shape index (κ3) is 6.75. The van der Waals surface area contributed by atoms with Gasteiger partial charge < -0.3 is 14.9 Å². The van der Waals surface area contributed by atoms with E-state index >= 15 is 0 Å². The quantitative estimate of drug-likeness (QED) is 0.436. The normalized spacial score (nSPS) is 25.2. The summed E-state index contributed by atoms with van der Waals surface area (Å²) < 4.78 is 5.87. The molecule has 0 aromatic heterocycles. The molecule has 0 aliphatic carbocycles. The zero-order valence-corrected chi connectivity index (χ0v) is 19.4. The largest absolute Gasteiger partial charge is 0.480 e. The number of piperidine rings is 1. The number of carboxylic acid groups (broad SMARTS) is 2. The van der Waals surface area contributed by atoms with Crippen LogP contribution in [-0.2, 0) is 19.2 Å². The molecule has 3 heterocycles. The molecule has 2 atom stereocenters. The number of carbonyl (C=O) groups is 2. The molecule has 1 aromatic rings. The summed E-state index contributed by atoms with van der Waals surface area (Å²) in [6.07, 6.45) is 6.63. The van der Waals surface area contributed by atoms with Crippen molar-refractivity contribution in [2.75, 3.05) is 39.3 Å². The molecule has 34 heavy (non-hydrogen) atoms. The van der Waals surface area contributed by atoms with Gasteiger partial charge in [0.2, 0.25) is 0 Å². The Bertz CT molecular complexity index is 863. The van der Waals surface area contributed by atoms with Gasteiger partial charge in [0.15, 0.2) is 0 Å². The summed E-state index contributed by atoms with van der Waals surface area (Å²) in [5.74, 6) is -1.87. The number of hydrogen-bond donors (Lipinski definition) is 3. The highest BCUT2D eigenvalue weighted by Crippen LogP contribution is 2.36. The van der Waals surface area contributed by atoms with E-state index in [0.29, 0.717) is 32.4 Å². The molecule has 0 bridgehead atoms. The highest BCUT2D eigenvalue weighted by molar-refractivity contribution is 5.79. The topological polar surface area (TPSA) is 124 Å². The maximum absolute atomic E-state index is 11.1. The molecule has 10 nitrogen and oxygen atoms in total. The van der Waals surface area contributed by atoms with E-state index in [1.165, 1.54) is 12.8 Å². The molecular formula is C24H34N4O6. The van der Waals surface area contributed by atoms with Crippen molar-refractivity contribution in [1.29, 1.82) is 0 Å². The first-order valence-corrected chi connectivity index (χ1v) is 12.0. The molecule has 3 aliphatic heterocycles. The summed E-state index contributed by atoms with van der Waals surface area (Å²) in [6, 6.07) is 8.31. The average molecular weight is 475 g/mol. The molecule has 1 aromatic carbocycles. The van der Waals surface area contributed by atoms with Crippen LogP contribution >= 0.6 is 0 Å². The van der Waals surface area contributed by atoms with Crippen molar-refractivity contribution < 1.29 is 29.4 Å². The molecular weight excluding hydrogens is 440 g/mol. The number of carboxylic acids is 2. The van der Waals surface area contributed by atoms with Gasteiger partial charge in [-0.3, -0.25) is 19.5 Å². The van der Waals surface area contributed by atoms with E-state index < -0.39 is 17.5 Å². The summed E-state index contributed by atoms with van der Waals surface area (Å²) in [4.78, 5) is 29.9. The first kappa shape index (κ1) is 24.6. The first-order chi connectivity index (χ1) is 16.4. The number of rotatable bonds is 10. The minimum atomic E-state index is -1.01. The van der Waals surface area contributed by atoms with E-state index in [-0.39, 0.29) is 25.3 Å². The fourth-order valence-corrected chi connectivity index (χ4v) is 4.99. The Morgan fingerprint density at radius 1 is 1.12 bits per heavy atom. The minimum Gasteiger partial charge on any atom is -0.480 e. The molecule has 0 radical (unpaired) electrons. The summed E-state index contributed by atoms with van der Waals surface area (Å²) >= 11 is 0. The van der Waals surface area contributed by atoms with Crippen molar-refractivity contribution in [3.63, 3.8) is 0 Å². The zero-order valence-electron chi connectivity index (χ0n) is 19.4. The van der Waals surface area contributed by atoms with Gasteiger partial charge >= 0.3 is 11.9 Å². The van der Waals surface area contributed by atoms with E-state index in [9.17, 15) is 9.59 Å². The number of nitrogens with zero attached hydrogens (tertiary/aromatic N) is 3. The monoisotopic (exact) mass is 474 g/mol. The van der Waals surface area contributed by atoms with Gasteiger partial charge in [-0.2, -0.15) is 10.6 Å². The van der Waals surface area contributed by atoms with Crippen molar-refractivity contribution in [3.8, 4) is 0 Å². The van der Waals surface area contributed by atoms with Crippen LogP contribution in [0.15, 0.2) is 29.4 Å². The summed E-state index contributed by atoms with van der Waals surface area (Å²) in [5.41, 5.74) is 4.67. The van der Waals surface area contributed by atoms with E-state index in [2.05, 4.69) is 39.9 Å². The molecule has 4 rings (SSSR count). The second-order valence-electron chi connectivity index (χ2n) is 9.46. The van der Waals surface area contributed by atoms with Crippen LogP contribution in [-0.4, -0.2) is 89.3 Å². The third-order valence-electron chi connectivity index (χ3n) is 6.89. The third-order valence-corrected chi connectivity index (χ3v) is 6.89. The van der Waals surface area contributed by atoms with Gasteiger partial charge in [0.25, 0.3) is 0 Å². The van der Waals surface area contributed by atoms with Crippen LogP contribution in [0.5, 0.6) is 0 Å². The Morgan fingerprint density at radius 3 is 2.47 bits per heavy atom. The lowest BCUT2D eigenvalue weighted by molar-refractivity contribution is -0.159. The molecule has 3 fully saturated rings. The van der Waals surface area contributed by atoms with Gasteiger partial charge in [0, 0.05) is 32.6 Å². The average Bonchev–Trinajstić information content (AvgIpc) is 3.50. The van der Waals surface area contributed by atoms with Gasteiger partial charge in [-0.15, -0.1) is 0 Å². The molecule has 186 valence electrons. The fourth-order valence-electron chi connectivity index (χ4n) is 4.99. The SMILES string of the molecule is O=C(O)COC1(CC2CC(c3ccc(C=NN4CCCC4)cc3)NO2)CCN(CC(=O)O)CC1. The number of aliphatic carboxylic acids is 2. The van der Waals surface area contributed by atoms with E-state index in [0.717, 1.165) is 30.6 Å². The van der Waals surface area contributed by atoms with Crippen molar-refractivity contribution >= 4 is 18.2 Å². The number of benzene rings is 1. The Morgan fingerprint density at radius 2 is 1.82 bits per heavy atom. The number of ether oxygens (including phenoxy) is 1. The van der Waals surface area contributed by atoms with Crippen LogP contribution in [0.3, 0.4) is 0 Å². The van der Waals surface area contributed by atoms with Crippen LogP contribution in [0.1, 0.15) is 55.7 Å². The Hall–Kier alpha value is -2.53. The molecule has 3 saturated heterocycles. The summed E-state index contributed by atoms with van der Waals surface area (Å²) in [6.45, 7) is 2.76. The first-order valence-electron chi connectivity index (χ1n) is 12.0. The molecule has 3 aliphatic rings. The zero-order chi connectivity index (χ0) is 24.0. The van der Waals surface area contributed by atoms with Gasteiger partial charge in [0.1, 0.15) is 6.61 Å². The lowest BCUT2D eigenvalue weighted by Crippen LogP contribution is -2.49. The molecule has 0 spiro atoms. The smallest absolute Gasteiger partial charge is 0.329 e. The highest BCUT2D eigenvalue weighted by Gasteiger charge is 2.41. The fraction of sp³-hybridized carbons (Fsp3) is 0.625. The second-order valence-corrected chi connectivity index (χ2v) is 9.46. The van der Waals surface area contributed by atoms with Crippen LogP contribution in [0.4, 0.5) is 0 Å². The number of likely N-dealkylation sites (tertiary alicyclic amines) is 1. The number of hydroxylamine groups is 1. The standard InChI is InChI=1S/C24H34N4O6/c29-22(30)16-27-11-7-24(8-12-27,33-17-23(31)32)14-20-13-21(26-34-20)19-5-3-18(4-6-19)15-25-28-9-1-2-10-28/h3-6,15,20-21,26H,1-2,7-14,16-17H2,(H,29,30)(H,31,32). The Kier molecular flexibility index (Phi) is 8.15. The molecule has 3 N–H and O–H groups in total. The van der Waals surface area contributed by atoms with Gasteiger partial charge in [-0.1, -0.05) is 24.3 Å². The lowest BCUT2D eigenvalue weighted by atomic mass is 9.84. The highest BCUT2D eigenvalue weighted by atomic mass is 16.7. The van der Waals surface area contributed by atoms with E-state index in [1.807, 2.05) is 11.1 Å². The summed E-state index contributed by atoms with van der Waals surface area (Å²) in [5, 5.41) is 24.8. The van der Waals surface area contributed by atoms with Gasteiger partial charge in [-0.25, -0.2) is 4.79 Å². The predicted molar refractivity (Wildman–Crippen MR) is 124 cm³/mol. The molecule has 0 amide bonds. The van der Waals surface area contributed by atoms with Crippen LogP contribution in [0.25, 0.3) is 0 Å². The van der Waals surface area contributed by atoms with E-state index in [1.54, 1.807) is 0 Å². The Labute approximate surface area is 199 Å². The predicted octanol–water partition coefficient (Wildman–Crippen LogP) is 1.86. The van der Waals surface area contributed by atoms with Crippen LogP contribution in [0.2, 0.25) is 0 Å². The molecule has 0 saturated carbocycles. The minimum absolute atomic E-state index is 0.0166. The van der Waals surface area contributed by atoms with E-state index in [4.69, 9.17) is 19.8 Å². The van der Waals surface area contributed by atoms with Crippen LogP contribution in [0, 0.1) is 0 Å². The summed E-state index contributed by atoms with van der Waals surface area (Å²) in [7, 11) is 0. The Balaban J connectivity index is 1.32. The number of hydrogen-bond acceptors (Lipinski definition) is 8. The molecule has 10 heteroatoms. The van der Waals surface area contributed by atoms with Crippen molar-refractivity contribution in [1.82, 2.24) is 15.4 Å². The van der Waals surface area contributed by atoms with Gasteiger partial charge in [-0.05, 0) is 43.2 Å². The van der Waals surface area contributed by atoms with Crippen molar-refractivity contribution in [3.05, 3.63) is 35.4 Å². The van der Waals surface area contributed by atoms with Crippen molar-refractivity contribution in [2.24, 2.45) is 5.10 Å². The van der Waals surface area contributed by atoms with Gasteiger partial charge in [0.05, 0.1) is 30.5 Å². The second kappa shape index (κ2) is 11.3. The maximum atomic E-state index is 11.1. The maximum Gasteiger partial charge on any atom is 0.329 e. The lowest BCUT2D eigenvalue weighted by Gasteiger charge is -2.42.